The monoisotopic (exact) mass is 252 g/mol. The van der Waals surface area contributed by atoms with Crippen LogP contribution in [0.15, 0.2) is 0 Å². The van der Waals surface area contributed by atoms with Gasteiger partial charge in [-0.2, -0.15) is 34.9 Å². The van der Waals surface area contributed by atoms with Gasteiger partial charge in [-0.05, 0) is 0 Å². The first-order valence-corrected chi connectivity index (χ1v) is 4.15. The predicted molar refractivity (Wildman–Crippen MR) is 26.9 cm³/mol. The van der Waals surface area contributed by atoms with Gasteiger partial charge in [0.25, 0.3) is 0 Å². The van der Waals surface area contributed by atoms with Crippen molar-refractivity contribution in [1.82, 2.24) is 0 Å². The van der Waals surface area contributed by atoms with Crippen LogP contribution in [0.4, 0.5) is 34.9 Å². The fourth-order valence-corrected chi connectivity index (χ4v) is 0.817. The zero-order valence-corrected chi connectivity index (χ0v) is 6.72. The summed E-state index contributed by atoms with van der Waals surface area (Å²) in [6.07, 6.45) is -6.82. The Labute approximate surface area is 71.1 Å². The molecule has 1 N–H and O–H groups in total. The molecule has 0 aliphatic heterocycles. The second-order valence-electron chi connectivity index (χ2n) is 2.12. The Bertz CT molecular complexity index is 262. The molecule has 0 rings (SSSR count). The van der Waals surface area contributed by atoms with Gasteiger partial charge >= 0.3 is 25.4 Å². The highest BCUT2D eigenvalue weighted by Crippen LogP contribution is 2.66. The lowest BCUT2D eigenvalue weighted by atomic mass is 10.3. The Hall–Kier alpha value is -0.370. The Morgan fingerprint density at radius 3 is 1.29 bits per heavy atom. The van der Waals surface area contributed by atoms with E-state index in [1.807, 2.05) is 0 Å². The highest BCUT2D eigenvalue weighted by molar-refractivity contribution is 7.53. The van der Waals surface area contributed by atoms with Crippen molar-refractivity contribution in [2.75, 3.05) is 0 Å². The van der Waals surface area contributed by atoms with Crippen molar-refractivity contribution < 1.29 is 44.4 Å². The van der Waals surface area contributed by atoms with Gasteiger partial charge in [0.2, 0.25) is 0 Å². The minimum Gasteiger partial charge on any atom is -0.317 e. The van der Waals surface area contributed by atoms with Gasteiger partial charge in [-0.15, -0.1) is 0 Å². The third-order valence-corrected chi connectivity index (χ3v) is 2.05. The zero-order chi connectivity index (χ0) is 12.0. The van der Waals surface area contributed by atoms with Gasteiger partial charge in [0, 0.05) is 0 Å². The van der Waals surface area contributed by atoms with Crippen LogP contribution in [0.2, 0.25) is 0 Å². The Morgan fingerprint density at radius 1 is 0.929 bits per heavy atom. The van der Waals surface area contributed by atoms with Crippen molar-refractivity contribution in [3.63, 3.8) is 0 Å². The summed E-state index contributed by atoms with van der Waals surface area (Å²) in [6.45, 7) is 0. The molecule has 11 heteroatoms. The van der Waals surface area contributed by atoms with E-state index in [4.69, 9.17) is 4.89 Å². The van der Waals surface area contributed by atoms with Crippen molar-refractivity contribution in [2.24, 2.45) is 0 Å². The molecule has 1 unspecified atom stereocenters. The molecular formula is C3HF8O2P. The molecule has 0 spiro atoms. The Morgan fingerprint density at radius 2 is 1.21 bits per heavy atom. The molecule has 2 nitrogen and oxygen atoms in total. The van der Waals surface area contributed by atoms with Crippen LogP contribution in [0, 0.1) is 0 Å². The van der Waals surface area contributed by atoms with Crippen molar-refractivity contribution in [1.29, 1.82) is 0 Å². The summed E-state index contributed by atoms with van der Waals surface area (Å²) >= 11 is 0. The van der Waals surface area contributed by atoms with Crippen LogP contribution >= 0.6 is 7.68 Å². The molecule has 0 saturated heterocycles. The van der Waals surface area contributed by atoms with Gasteiger partial charge in [0.1, 0.15) is 0 Å². The standard InChI is InChI=1S/C3HF8O2P/c4-1(5,2(6,7)8)3(9,10)14(11,12)13/h(H,12,13). The number of hydrogen-bond acceptors (Lipinski definition) is 1. The van der Waals surface area contributed by atoms with Gasteiger partial charge in [-0.1, -0.05) is 0 Å². The third kappa shape index (κ3) is 1.85. The van der Waals surface area contributed by atoms with E-state index in [1.165, 1.54) is 0 Å². The topological polar surface area (TPSA) is 37.3 Å². The summed E-state index contributed by atoms with van der Waals surface area (Å²) in [6, 6.07) is 0. The molecule has 0 bridgehead atoms. The molecule has 14 heavy (non-hydrogen) atoms. The van der Waals surface area contributed by atoms with Crippen molar-refractivity contribution in [3.8, 4) is 0 Å². The first kappa shape index (κ1) is 13.6. The van der Waals surface area contributed by atoms with Crippen LogP contribution < -0.4 is 0 Å². The largest absolute Gasteiger partial charge is 0.460 e. The van der Waals surface area contributed by atoms with Crippen LogP contribution in [0.1, 0.15) is 0 Å². The number of hydrogen-bond donors (Lipinski definition) is 1. The maximum absolute atomic E-state index is 11.8. The molecule has 0 amide bonds. The van der Waals surface area contributed by atoms with E-state index in [9.17, 15) is 39.5 Å². The average Bonchev–Trinajstić information content (AvgIpc) is 1.81. The second-order valence-corrected chi connectivity index (χ2v) is 3.68. The van der Waals surface area contributed by atoms with Gasteiger partial charge in [-0.25, -0.2) is 4.57 Å². The average molecular weight is 252 g/mol. The SMILES string of the molecule is O=P(O)(F)C(F)(F)C(F)(F)C(F)(F)F. The minimum absolute atomic E-state index is 6.70. The quantitative estimate of drug-likeness (QED) is 0.606. The molecule has 0 heterocycles. The highest BCUT2D eigenvalue weighted by atomic mass is 31.2. The fourth-order valence-electron chi connectivity index (χ4n) is 0.344. The van der Waals surface area contributed by atoms with Gasteiger partial charge in [0.15, 0.2) is 0 Å². The van der Waals surface area contributed by atoms with Crippen molar-refractivity contribution >= 4 is 7.68 Å². The first-order valence-electron chi connectivity index (χ1n) is 2.60. The van der Waals surface area contributed by atoms with Crippen LogP contribution in [-0.4, -0.2) is 22.7 Å². The molecule has 86 valence electrons. The smallest absolute Gasteiger partial charge is 0.317 e. The summed E-state index contributed by atoms with van der Waals surface area (Å²) in [5.74, 6) is -6.90. The van der Waals surface area contributed by atoms with E-state index in [0.29, 0.717) is 0 Å². The van der Waals surface area contributed by atoms with Gasteiger partial charge in [0.05, 0.1) is 0 Å². The number of alkyl halides is 7. The summed E-state index contributed by atoms with van der Waals surface area (Å²) in [5, 5.41) is 0. The predicted octanol–water partition coefficient (Wildman–Crippen LogP) is 2.93. The summed E-state index contributed by atoms with van der Waals surface area (Å²) in [7, 11) is -7.39. The lowest BCUT2D eigenvalue weighted by Crippen LogP contribution is -2.51. The first-order chi connectivity index (χ1) is 5.75. The van der Waals surface area contributed by atoms with E-state index in [2.05, 4.69) is 0 Å². The highest BCUT2D eigenvalue weighted by Gasteiger charge is 2.80. The van der Waals surface area contributed by atoms with Crippen LogP contribution in [0.3, 0.4) is 0 Å². The molecule has 0 aromatic heterocycles. The van der Waals surface area contributed by atoms with Crippen molar-refractivity contribution in [3.05, 3.63) is 0 Å². The van der Waals surface area contributed by atoms with Crippen molar-refractivity contribution in [2.45, 2.75) is 17.8 Å². The van der Waals surface area contributed by atoms with Gasteiger partial charge < -0.3 is 4.89 Å². The molecule has 0 radical (unpaired) electrons. The number of halogens is 8. The molecule has 0 aromatic carbocycles. The van der Waals surface area contributed by atoms with E-state index in [-0.39, 0.29) is 0 Å². The summed E-state index contributed by atoms with van der Waals surface area (Å²) in [4.78, 5) is 7.40. The maximum Gasteiger partial charge on any atom is 0.460 e. The van der Waals surface area contributed by atoms with Crippen LogP contribution in [0.25, 0.3) is 0 Å². The molecular weight excluding hydrogens is 251 g/mol. The van der Waals surface area contributed by atoms with E-state index in [1.54, 1.807) is 0 Å². The number of rotatable bonds is 2. The molecule has 0 aromatic rings. The maximum atomic E-state index is 11.8. The summed E-state index contributed by atoms with van der Waals surface area (Å²) in [5.41, 5.74) is -6.70. The molecule has 0 fully saturated rings. The Kier molecular flexibility index (Phi) is 2.98. The molecule has 0 aliphatic carbocycles. The normalized spacial score (nSPS) is 19.2. The molecule has 0 saturated carbocycles. The second kappa shape index (κ2) is 3.06. The van der Waals surface area contributed by atoms with E-state index < -0.39 is 25.4 Å². The lowest BCUT2D eigenvalue weighted by molar-refractivity contribution is -0.335. The fraction of sp³-hybridized carbons (Fsp3) is 1.00. The van der Waals surface area contributed by atoms with E-state index in [0.717, 1.165) is 0 Å². The van der Waals surface area contributed by atoms with Crippen LogP contribution in [-0.2, 0) is 4.57 Å². The van der Waals surface area contributed by atoms with Gasteiger partial charge in [-0.3, -0.25) is 0 Å². The lowest BCUT2D eigenvalue weighted by Gasteiger charge is -2.27. The Balaban J connectivity index is 5.42. The van der Waals surface area contributed by atoms with E-state index >= 15 is 0 Å². The third-order valence-electron chi connectivity index (χ3n) is 1.08. The zero-order valence-electron chi connectivity index (χ0n) is 5.83. The summed E-state index contributed by atoms with van der Waals surface area (Å²) < 4.78 is 102. The molecule has 1 atom stereocenters. The minimum atomic E-state index is -7.39. The van der Waals surface area contributed by atoms with Crippen LogP contribution in [0.5, 0.6) is 0 Å². The molecule has 0 aliphatic rings.